The Morgan fingerprint density at radius 2 is 1.64 bits per heavy atom. The van der Waals surface area contributed by atoms with E-state index in [1.54, 1.807) is 45.1 Å². The second-order valence-electron chi connectivity index (χ2n) is 25.1. The van der Waals surface area contributed by atoms with E-state index in [4.69, 9.17) is 42.7 Å². The number of carbonyl (C=O) groups excluding carboxylic acids is 4. The molecule has 2 aromatic carbocycles. The summed E-state index contributed by atoms with van der Waals surface area (Å²) < 4.78 is 52.3. The molecule has 6 heterocycles. The molecule has 3 aliphatic heterocycles. The molecule has 3 saturated heterocycles. The van der Waals surface area contributed by atoms with Crippen molar-refractivity contribution in [2.45, 2.75) is 170 Å². The van der Waals surface area contributed by atoms with E-state index in [0.717, 1.165) is 50.1 Å². The maximum absolute atomic E-state index is 14.7. The molecule has 20 nitrogen and oxygen atoms in total. The van der Waals surface area contributed by atoms with Crippen molar-refractivity contribution in [3.8, 4) is 11.3 Å². The number of nitrogens with zero attached hydrogens (tertiary/aromatic N) is 6. The monoisotopic (exact) mass is 1260 g/mol. The van der Waals surface area contributed by atoms with Gasteiger partial charge in [0, 0.05) is 80.2 Å². The zero-order valence-electron chi connectivity index (χ0n) is 51.9. The molecule has 85 heavy (non-hydrogen) atoms. The van der Waals surface area contributed by atoms with E-state index in [9.17, 15) is 19.2 Å². The van der Waals surface area contributed by atoms with E-state index in [1.165, 1.54) is 16.3 Å². The van der Waals surface area contributed by atoms with Gasteiger partial charge in [-0.2, -0.15) is 0 Å². The molecule has 0 saturated carbocycles. The number of esters is 1. The van der Waals surface area contributed by atoms with E-state index in [-0.39, 0.29) is 38.6 Å². The molecule has 5 aromatic rings. The minimum Gasteiger partial charge on any atom is -0.464 e. The summed E-state index contributed by atoms with van der Waals surface area (Å²) in [6.07, 6.45) is 0.632. The number of aromatic nitrogens is 3. The molecular formula is C62H86BBrN8O12S. The van der Waals surface area contributed by atoms with Crippen LogP contribution in [-0.2, 0) is 66.9 Å². The number of hydrogen-bond donors (Lipinski definition) is 2. The number of pyridine rings is 1. The van der Waals surface area contributed by atoms with Crippen molar-refractivity contribution in [1.29, 1.82) is 0 Å². The van der Waals surface area contributed by atoms with Crippen LogP contribution in [0.1, 0.15) is 137 Å². The minimum atomic E-state index is -1.26. The Balaban J connectivity index is 1.12. The lowest BCUT2D eigenvalue weighted by Crippen LogP contribution is -2.61. The summed E-state index contributed by atoms with van der Waals surface area (Å²) in [5.41, 5.74) is 7.56. The first-order valence-corrected chi connectivity index (χ1v) is 31.2. The molecule has 0 spiro atoms. The normalized spacial score (nSPS) is 18.4. The summed E-state index contributed by atoms with van der Waals surface area (Å²) in [6.45, 7) is 29.0. The number of amides is 3. The lowest BCUT2D eigenvalue weighted by Gasteiger charge is -2.37. The van der Waals surface area contributed by atoms with Crippen LogP contribution in [0.3, 0.4) is 0 Å². The number of nitrogens with one attached hydrogen (secondary N) is 2. The Morgan fingerprint density at radius 3 is 2.27 bits per heavy atom. The number of methoxy groups -OCH3 is 1. The van der Waals surface area contributed by atoms with Gasteiger partial charge in [0.1, 0.15) is 40.0 Å². The van der Waals surface area contributed by atoms with Gasteiger partial charge >= 0.3 is 25.3 Å². The van der Waals surface area contributed by atoms with Crippen LogP contribution in [0.5, 0.6) is 0 Å². The molecular weight excluding hydrogens is 1170 g/mol. The number of benzene rings is 2. The molecule has 462 valence electrons. The van der Waals surface area contributed by atoms with E-state index in [1.807, 2.05) is 85.0 Å². The van der Waals surface area contributed by atoms with Gasteiger partial charge in [0.2, 0.25) is 0 Å². The van der Waals surface area contributed by atoms with Gasteiger partial charge in [0.05, 0.1) is 59.9 Å². The number of halogens is 1. The van der Waals surface area contributed by atoms with Crippen molar-refractivity contribution in [3.63, 3.8) is 0 Å². The number of carbonyl (C=O) groups is 4. The van der Waals surface area contributed by atoms with Gasteiger partial charge in [0.15, 0.2) is 0 Å². The average molecular weight is 1260 g/mol. The molecule has 0 bridgehead atoms. The minimum absolute atomic E-state index is 0.0172. The highest BCUT2D eigenvalue weighted by Gasteiger charge is 2.52. The number of hydrogen-bond acceptors (Lipinski definition) is 17. The van der Waals surface area contributed by atoms with E-state index < -0.39 is 71.6 Å². The first-order chi connectivity index (χ1) is 40.2. The summed E-state index contributed by atoms with van der Waals surface area (Å²) in [4.78, 5) is 69.5. The number of anilines is 1. The molecule has 3 aliphatic rings. The molecule has 2 N–H and O–H groups in total. The van der Waals surface area contributed by atoms with Crippen molar-refractivity contribution in [2.75, 3.05) is 64.6 Å². The third kappa shape index (κ3) is 16.1. The van der Waals surface area contributed by atoms with Gasteiger partial charge in [-0.3, -0.25) is 19.6 Å². The van der Waals surface area contributed by atoms with Crippen molar-refractivity contribution in [3.05, 3.63) is 92.6 Å². The van der Waals surface area contributed by atoms with Gasteiger partial charge in [0.25, 0.3) is 5.91 Å². The first kappa shape index (κ1) is 65.3. The Morgan fingerprint density at radius 1 is 0.929 bits per heavy atom. The SMILES string of the molecule is CCO[C@H](c1nc(Br)cs1)[C@H](NC(=O)OC(C)(C)C)C(=O)N1CCC[C@@H](C(=O)OCC(C)(C)Cc2c(-c3cc(N4CCN(C(=O)OCc5ccccc5)CC4)cnc3[C@H](C)OC)n(CCOC(C)C)c3ccc(B4OC(C)(C)C(C)(C)O4)cc23)N1. The number of alkyl carbamates (subject to hydrolysis) is 1. The summed E-state index contributed by atoms with van der Waals surface area (Å²) in [6, 6.07) is 16.1. The first-order valence-electron chi connectivity index (χ1n) is 29.5. The van der Waals surface area contributed by atoms with Crippen LogP contribution >= 0.6 is 27.3 Å². The van der Waals surface area contributed by atoms with Gasteiger partial charge < -0.3 is 57.4 Å². The third-order valence-electron chi connectivity index (χ3n) is 15.8. The quantitative estimate of drug-likeness (QED) is 0.0375. The number of rotatable bonds is 22. The predicted octanol–water partition coefficient (Wildman–Crippen LogP) is 10.1. The van der Waals surface area contributed by atoms with Gasteiger partial charge in [-0.05, 0) is 140 Å². The highest BCUT2D eigenvalue weighted by molar-refractivity contribution is 9.10. The van der Waals surface area contributed by atoms with Crippen LogP contribution in [0.2, 0.25) is 0 Å². The molecule has 8 rings (SSSR count). The number of hydrazine groups is 1. The van der Waals surface area contributed by atoms with Crippen LogP contribution in [0.25, 0.3) is 22.2 Å². The zero-order valence-corrected chi connectivity index (χ0v) is 54.3. The van der Waals surface area contributed by atoms with E-state index >= 15 is 0 Å². The Labute approximate surface area is 513 Å². The number of fused-ring (bicyclic) bond motifs is 1. The molecule has 3 amide bonds. The van der Waals surface area contributed by atoms with Crippen molar-refractivity contribution in [1.82, 2.24) is 35.2 Å². The highest BCUT2D eigenvalue weighted by atomic mass is 79.9. The lowest BCUT2D eigenvalue weighted by molar-refractivity contribution is -0.156. The summed E-state index contributed by atoms with van der Waals surface area (Å²) in [5.74, 6) is -1.06. The highest BCUT2D eigenvalue weighted by Crippen LogP contribution is 2.43. The Kier molecular flexibility index (Phi) is 21.2. The van der Waals surface area contributed by atoms with Crippen LogP contribution in [0, 0.1) is 5.41 Å². The predicted molar refractivity (Wildman–Crippen MR) is 331 cm³/mol. The second kappa shape index (κ2) is 27.6. The van der Waals surface area contributed by atoms with Crippen molar-refractivity contribution < 1.29 is 56.9 Å². The van der Waals surface area contributed by atoms with Crippen LogP contribution in [-0.4, -0.2) is 150 Å². The number of ether oxygens (including phenoxy) is 6. The maximum atomic E-state index is 14.7. The van der Waals surface area contributed by atoms with Gasteiger partial charge in [-0.25, -0.2) is 20.0 Å². The smallest absolute Gasteiger partial charge is 0.464 e. The molecule has 3 aromatic heterocycles. The molecule has 4 atom stereocenters. The zero-order chi connectivity index (χ0) is 61.6. The summed E-state index contributed by atoms with van der Waals surface area (Å²) >= 11 is 4.70. The molecule has 0 aliphatic carbocycles. The number of thiazole rings is 1. The molecule has 23 heteroatoms. The van der Waals surface area contributed by atoms with Crippen LogP contribution in [0.4, 0.5) is 15.3 Å². The fraction of sp³-hybridized carbons (Fsp3) is 0.581. The topological polar surface area (TPSA) is 207 Å². The van der Waals surface area contributed by atoms with Gasteiger partial charge in [-0.1, -0.05) is 56.3 Å². The van der Waals surface area contributed by atoms with Crippen LogP contribution < -0.4 is 21.1 Å². The summed E-state index contributed by atoms with van der Waals surface area (Å²) in [7, 11) is 1.03. The second-order valence-corrected chi connectivity index (χ2v) is 26.8. The molecule has 0 unspecified atom stereocenters. The lowest BCUT2D eigenvalue weighted by atomic mass is 9.77. The Hall–Kier alpha value is -5.66. The fourth-order valence-corrected chi connectivity index (χ4v) is 12.0. The van der Waals surface area contributed by atoms with E-state index in [0.29, 0.717) is 68.2 Å². The molecule has 3 fully saturated rings. The van der Waals surface area contributed by atoms with Crippen LogP contribution in [0.15, 0.2) is 70.8 Å². The Bertz CT molecular complexity index is 3110. The fourth-order valence-electron chi connectivity index (χ4n) is 10.7. The largest absolute Gasteiger partial charge is 0.494 e. The third-order valence-corrected chi connectivity index (χ3v) is 17.4. The van der Waals surface area contributed by atoms with Crippen molar-refractivity contribution >= 4 is 80.5 Å². The molecule has 0 radical (unpaired) electrons. The van der Waals surface area contributed by atoms with E-state index in [2.05, 4.69) is 79.2 Å². The maximum Gasteiger partial charge on any atom is 0.494 e. The summed E-state index contributed by atoms with van der Waals surface area (Å²) in [5, 5.41) is 7.33. The standard InChI is InChI=1S/C62H86BBrN8O12S/c1-15-78-53(54-66-49(64)37-85-54)51(67-57(75)82-59(5,6)7)55(73)72-25-19-22-47(68-72)56(74)81-38-60(8,9)34-46-44-32-42(63-83-61(10,11)62(12,13)84-63)23-24-48(44)71(30-31-79-39(2)3)52(46)45-33-43(35-65-50(45)40(4)77-14)69-26-28-70(29-27-69)58(76)80-36-41-20-17-16-18-21-41/h16-18,20-21,23-24,32-33,35,37,39-40,47,51,53,68H,15,19,22,25-31,34,36,38H2,1-14H3,(H,67,75)/t40-,47-,51-,53-/m0/s1. The van der Waals surface area contributed by atoms with Crippen molar-refractivity contribution in [2.24, 2.45) is 5.41 Å². The number of piperazine rings is 1. The van der Waals surface area contributed by atoms with Gasteiger partial charge in [-0.15, -0.1) is 11.3 Å². The average Bonchev–Trinajstić information content (AvgIpc) is 3.54.